The summed E-state index contributed by atoms with van der Waals surface area (Å²) in [5.74, 6) is -1.26. The van der Waals surface area contributed by atoms with Gasteiger partial charge in [-0.3, -0.25) is 9.35 Å². The zero-order valence-electron chi connectivity index (χ0n) is 6.00. The van der Waals surface area contributed by atoms with Crippen LogP contribution < -0.4 is 5.73 Å². The fourth-order valence-electron chi connectivity index (χ4n) is 0.404. The van der Waals surface area contributed by atoms with Crippen LogP contribution in [0, 0.1) is 0 Å². The number of carboxylic acid groups (broad SMARTS) is 1. The highest BCUT2D eigenvalue weighted by atomic mass is 32.3. The molecule has 0 aromatic rings. The second-order valence-corrected chi connectivity index (χ2v) is 3.07. The summed E-state index contributed by atoms with van der Waals surface area (Å²) in [6.07, 6.45) is -0.185. The van der Waals surface area contributed by atoms with Crippen molar-refractivity contribution in [3.63, 3.8) is 0 Å². The molecule has 8 heteroatoms. The Morgan fingerprint density at radius 3 is 2.31 bits per heavy atom. The number of carbonyl (C=O) groups is 1. The van der Waals surface area contributed by atoms with E-state index in [0.29, 0.717) is 0 Å². The zero-order valence-corrected chi connectivity index (χ0v) is 6.82. The molecule has 0 aromatic carbocycles. The third-order valence-corrected chi connectivity index (χ3v) is 1.44. The van der Waals surface area contributed by atoms with Gasteiger partial charge < -0.3 is 10.8 Å². The molecule has 0 bridgehead atoms. The van der Waals surface area contributed by atoms with Crippen LogP contribution >= 0.6 is 0 Å². The summed E-state index contributed by atoms with van der Waals surface area (Å²) in [4.78, 5) is 10.1. The van der Waals surface area contributed by atoms with E-state index in [4.69, 9.17) is 15.4 Å². The van der Waals surface area contributed by atoms with Crippen LogP contribution in [-0.4, -0.2) is 36.7 Å². The smallest absolute Gasteiger partial charge is 0.397 e. The Bertz CT molecular complexity index is 248. The molecule has 0 heterocycles. The topological polar surface area (TPSA) is 127 Å². The molecule has 1 unspecified atom stereocenters. The second kappa shape index (κ2) is 5.86. The highest BCUT2D eigenvalue weighted by Gasteiger charge is 2.12. The molecular weight excluding hydrogens is 202 g/mol. The Morgan fingerprint density at radius 2 is 2.00 bits per heavy atom. The number of hydrogen-bond acceptors (Lipinski definition) is 5. The first kappa shape index (κ1) is 14.8. The lowest BCUT2D eigenvalue weighted by Gasteiger charge is -2.04. The van der Waals surface area contributed by atoms with Gasteiger partial charge >= 0.3 is 16.4 Å². The Balaban J connectivity index is 0. The molecule has 0 aliphatic carbocycles. The molecular formula is C5H13NO6S. The van der Waals surface area contributed by atoms with Crippen molar-refractivity contribution in [2.45, 2.75) is 19.9 Å². The highest BCUT2D eigenvalue weighted by molar-refractivity contribution is 7.80. The van der Waals surface area contributed by atoms with E-state index in [2.05, 4.69) is 4.18 Å². The van der Waals surface area contributed by atoms with Gasteiger partial charge in [-0.25, -0.2) is 4.18 Å². The van der Waals surface area contributed by atoms with Gasteiger partial charge in [-0.2, -0.15) is 8.42 Å². The Hall–Kier alpha value is -0.700. The molecule has 0 aliphatic heterocycles. The largest absolute Gasteiger partial charge is 0.480 e. The minimum Gasteiger partial charge on any atom is -0.480 e. The molecule has 4 N–H and O–H groups in total. The van der Waals surface area contributed by atoms with Gasteiger partial charge in [-0.05, 0) is 6.42 Å². The molecule has 0 spiro atoms. The summed E-state index contributed by atoms with van der Waals surface area (Å²) >= 11 is 0. The van der Waals surface area contributed by atoms with E-state index >= 15 is 0 Å². The Labute approximate surface area is 76.5 Å². The minimum atomic E-state index is -4.49. The number of nitrogens with two attached hydrogens (primary N) is 1. The molecule has 7 nitrogen and oxygen atoms in total. The van der Waals surface area contributed by atoms with Gasteiger partial charge in [0, 0.05) is 0 Å². The standard InChI is InChI=1S/C4H9NO6S.CH4/c5-3(4(6)7)1-2-11-12(8,9)10;/h3H,1-2,5H2,(H,6,7)(H,8,9,10);1H4. The summed E-state index contributed by atoms with van der Waals surface area (Å²) < 4.78 is 31.7. The van der Waals surface area contributed by atoms with Crippen LogP contribution in [0.3, 0.4) is 0 Å². The maximum Gasteiger partial charge on any atom is 0.397 e. The van der Waals surface area contributed by atoms with E-state index in [-0.39, 0.29) is 13.8 Å². The van der Waals surface area contributed by atoms with Crippen LogP contribution in [0.4, 0.5) is 0 Å². The molecule has 0 rings (SSSR count). The average Bonchev–Trinajstić information content (AvgIpc) is 1.84. The lowest BCUT2D eigenvalue weighted by molar-refractivity contribution is -0.138. The second-order valence-electron chi connectivity index (χ2n) is 1.98. The molecule has 13 heavy (non-hydrogen) atoms. The fourth-order valence-corrected chi connectivity index (χ4v) is 0.711. The van der Waals surface area contributed by atoms with Gasteiger partial charge in [0.2, 0.25) is 0 Å². The van der Waals surface area contributed by atoms with Crippen LogP contribution in [0.1, 0.15) is 13.8 Å². The summed E-state index contributed by atoms with van der Waals surface area (Å²) in [5, 5.41) is 8.22. The van der Waals surface area contributed by atoms with E-state index in [0.717, 1.165) is 0 Å². The van der Waals surface area contributed by atoms with Crippen molar-refractivity contribution in [1.29, 1.82) is 0 Å². The van der Waals surface area contributed by atoms with Gasteiger partial charge in [-0.1, -0.05) is 7.43 Å². The molecule has 0 saturated heterocycles. The van der Waals surface area contributed by atoms with E-state index in [1.807, 2.05) is 0 Å². The Morgan fingerprint density at radius 1 is 1.54 bits per heavy atom. The van der Waals surface area contributed by atoms with Crippen LogP contribution in [0.5, 0.6) is 0 Å². The monoisotopic (exact) mass is 215 g/mol. The molecule has 0 aromatic heterocycles. The molecule has 80 valence electrons. The minimum absolute atomic E-state index is 0. The van der Waals surface area contributed by atoms with Crippen molar-refractivity contribution in [3.05, 3.63) is 0 Å². The number of carboxylic acids is 1. The quantitative estimate of drug-likeness (QED) is 0.514. The van der Waals surface area contributed by atoms with Crippen molar-refractivity contribution in [3.8, 4) is 0 Å². The summed E-state index contributed by atoms with van der Waals surface area (Å²) in [6.45, 7) is -0.452. The predicted molar refractivity (Wildman–Crippen MR) is 44.5 cm³/mol. The normalized spacial score (nSPS) is 13.1. The van der Waals surface area contributed by atoms with Crippen molar-refractivity contribution in [1.82, 2.24) is 0 Å². The molecule has 1 atom stereocenters. The first-order chi connectivity index (χ1) is 5.33. The molecule has 0 saturated carbocycles. The Kier molecular flexibility index (Phi) is 6.68. The van der Waals surface area contributed by atoms with Crippen LogP contribution in [-0.2, 0) is 19.4 Å². The molecule has 0 radical (unpaired) electrons. The predicted octanol–water partition coefficient (Wildman–Crippen LogP) is -0.756. The number of hydrogen-bond donors (Lipinski definition) is 3. The third kappa shape index (κ3) is 9.21. The van der Waals surface area contributed by atoms with Crippen LogP contribution in [0.25, 0.3) is 0 Å². The highest BCUT2D eigenvalue weighted by Crippen LogP contribution is 1.93. The van der Waals surface area contributed by atoms with Gasteiger partial charge in [0.15, 0.2) is 0 Å². The lowest BCUT2D eigenvalue weighted by Crippen LogP contribution is -2.31. The van der Waals surface area contributed by atoms with E-state index in [9.17, 15) is 13.2 Å². The maximum atomic E-state index is 10.1. The summed E-state index contributed by atoms with van der Waals surface area (Å²) in [7, 11) is -4.49. The summed E-state index contributed by atoms with van der Waals surface area (Å²) in [5.41, 5.74) is 4.99. The van der Waals surface area contributed by atoms with Crippen molar-refractivity contribution in [2.75, 3.05) is 6.61 Å². The lowest BCUT2D eigenvalue weighted by atomic mass is 10.2. The van der Waals surface area contributed by atoms with E-state index < -0.39 is 29.0 Å². The average molecular weight is 215 g/mol. The molecule has 0 amide bonds. The first-order valence-corrected chi connectivity index (χ1v) is 4.29. The van der Waals surface area contributed by atoms with E-state index in [1.165, 1.54) is 0 Å². The molecule has 0 aliphatic rings. The van der Waals surface area contributed by atoms with Gasteiger partial charge in [-0.15, -0.1) is 0 Å². The zero-order chi connectivity index (χ0) is 9.78. The SMILES string of the molecule is C.NC(CCOS(=O)(=O)O)C(=O)O. The van der Waals surface area contributed by atoms with E-state index in [1.54, 1.807) is 0 Å². The number of rotatable bonds is 5. The van der Waals surface area contributed by atoms with Crippen molar-refractivity contribution >= 4 is 16.4 Å². The first-order valence-electron chi connectivity index (χ1n) is 2.93. The fraction of sp³-hybridized carbons (Fsp3) is 0.800. The van der Waals surface area contributed by atoms with Gasteiger partial charge in [0.05, 0.1) is 6.61 Å². The van der Waals surface area contributed by atoms with Crippen LogP contribution in [0.2, 0.25) is 0 Å². The third-order valence-electron chi connectivity index (χ3n) is 0.978. The van der Waals surface area contributed by atoms with Gasteiger partial charge in [0.1, 0.15) is 6.04 Å². The maximum absolute atomic E-state index is 10.1. The molecule has 0 fully saturated rings. The summed E-state index contributed by atoms with van der Waals surface area (Å²) in [6, 6.07) is -1.19. The van der Waals surface area contributed by atoms with Gasteiger partial charge in [0.25, 0.3) is 0 Å². The van der Waals surface area contributed by atoms with Crippen molar-refractivity contribution < 1.29 is 27.1 Å². The number of aliphatic carboxylic acids is 1. The van der Waals surface area contributed by atoms with Crippen LogP contribution in [0.15, 0.2) is 0 Å². The van der Waals surface area contributed by atoms with Crippen molar-refractivity contribution in [2.24, 2.45) is 5.73 Å².